The highest BCUT2D eigenvalue weighted by atomic mass is 19.4. The fourth-order valence-electron chi connectivity index (χ4n) is 0.179. The Labute approximate surface area is 43.7 Å². The highest BCUT2D eigenvalue weighted by Crippen LogP contribution is 2.10. The molecule has 1 amide bonds. The number of alkyl halides is 3. The van der Waals surface area contributed by atoms with Crippen LogP contribution >= 0.6 is 0 Å². The third kappa shape index (κ3) is 5.26. The molecule has 5 heteroatoms. The van der Waals surface area contributed by atoms with Crippen LogP contribution in [0.1, 0.15) is 6.92 Å². The van der Waals surface area contributed by atoms with Crippen molar-refractivity contribution < 1.29 is 18.0 Å². The van der Waals surface area contributed by atoms with E-state index in [1.807, 2.05) is 0 Å². The van der Waals surface area contributed by atoms with E-state index in [4.69, 9.17) is 0 Å². The molecule has 0 aromatic rings. The van der Waals surface area contributed by atoms with E-state index < -0.39 is 12.2 Å². The quantitative estimate of drug-likeness (QED) is 0.438. The molecule has 1 radical (unpaired) electrons. The van der Waals surface area contributed by atoms with Crippen molar-refractivity contribution in [3.05, 3.63) is 0 Å². The zero-order valence-corrected chi connectivity index (χ0v) is 3.99. The van der Waals surface area contributed by atoms with E-state index in [1.165, 1.54) is 0 Å². The van der Waals surface area contributed by atoms with Gasteiger partial charge in [0.2, 0.25) is 5.91 Å². The maximum atomic E-state index is 10.9. The first kappa shape index (κ1) is 7.26. The zero-order chi connectivity index (χ0) is 6.78. The summed E-state index contributed by atoms with van der Waals surface area (Å²) in [4.78, 5) is 9.57. The molecule has 0 aromatic carbocycles. The van der Waals surface area contributed by atoms with Crippen LogP contribution in [0.4, 0.5) is 13.2 Å². The molecule has 2 nitrogen and oxygen atoms in total. The van der Waals surface area contributed by atoms with Gasteiger partial charge >= 0.3 is 6.30 Å². The number of hydrogen-bond donors (Lipinski definition) is 0. The second-order valence-corrected chi connectivity index (χ2v) is 1.10. The van der Waals surface area contributed by atoms with E-state index >= 15 is 0 Å². The van der Waals surface area contributed by atoms with Gasteiger partial charge in [0.25, 0.3) is 0 Å². The van der Waals surface area contributed by atoms with Crippen molar-refractivity contribution in [1.82, 2.24) is 5.32 Å². The molecule has 0 aliphatic heterocycles. The van der Waals surface area contributed by atoms with Crippen molar-refractivity contribution in [2.75, 3.05) is 0 Å². The lowest BCUT2D eigenvalue weighted by atomic mass is 10.7. The van der Waals surface area contributed by atoms with Gasteiger partial charge in [-0.3, -0.25) is 4.79 Å². The maximum absolute atomic E-state index is 10.9. The summed E-state index contributed by atoms with van der Waals surface area (Å²) in [5.74, 6) is -1.22. The van der Waals surface area contributed by atoms with Crippen LogP contribution in [0.25, 0.3) is 0 Å². The van der Waals surface area contributed by atoms with Gasteiger partial charge in [0.05, 0.1) is 0 Å². The van der Waals surface area contributed by atoms with Crippen molar-refractivity contribution in [3.63, 3.8) is 0 Å². The number of rotatable bonds is 0. The Bertz CT molecular complexity index is 97.2. The summed E-state index contributed by atoms with van der Waals surface area (Å²) in [5, 5.41) is 1.77. The van der Waals surface area contributed by atoms with Crippen molar-refractivity contribution >= 4 is 5.91 Å². The minimum absolute atomic E-state index is 0.744. The predicted octanol–water partition coefficient (Wildman–Crippen LogP) is 0.657. The van der Waals surface area contributed by atoms with Gasteiger partial charge in [-0.2, -0.15) is 0 Å². The SMILES string of the molecule is CC(=O)[N]C(F)(F)F. The molecule has 0 fully saturated rings. The van der Waals surface area contributed by atoms with E-state index in [2.05, 4.69) is 0 Å². The standard InChI is InChI=1S/C3H3F3NO/c1-2(8)7-3(4,5)6/h1H3. The van der Waals surface area contributed by atoms with Crippen LogP contribution in [0.15, 0.2) is 0 Å². The summed E-state index contributed by atoms with van der Waals surface area (Å²) >= 11 is 0. The number of carbonyl (C=O) groups is 1. The molecule has 0 saturated carbocycles. The normalized spacial score (nSPS) is 11.0. The molecule has 8 heavy (non-hydrogen) atoms. The van der Waals surface area contributed by atoms with Crippen molar-refractivity contribution in [2.45, 2.75) is 13.2 Å². The monoisotopic (exact) mass is 126 g/mol. The second-order valence-electron chi connectivity index (χ2n) is 1.10. The van der Waals surface area contributed by atoms with E-state index in [1.54, 1.807) is 5.32 Å². The Morgan fingerprint density at radius 1 is 1.50 bits per heavy atom. The molecule has 0 saturated heterocycles. The Morgan fingerprint density at radius 2 is 1.88 bits per heavy atom. The van der Waals surface area contributed by atoms with Crippen molar-refractivity contribution in [2.24, 2.45) is 0 Å². The Hall–Kier alpha value is -0.740. The minimum Gasteiger partial charge on any atom is -0.273 e. The maximum Gasteiger partial charge on any atom is 0.506 e. The molecule has 0 unspecified atom stereocenters. The largest absolute Gasteiger partial charge is 0.506 e. The van der Waals surface area contributed by atoms with Crippen LogP contribution < -0.4 is 5.32 Å². The lowest BCUT2D eigenvalue weighted by Gasteiger charge is -1.99. The molecule has 47 valence electrons. The molecule has 0 aliphatic rings. The number of hydrogen-bond acceptors (Lipinski definition) is 1. The molecule has 0 aliphatic carbocycles. The van der Waals surface area contributed by atoms with Gasteiger partial charge in [-0.25, -0.2) is 0 Å². The molecule has 0 bridgehead atoms. The molecule has 0 aromatic heterocycles. The Morgan fingerprint density at radius 3 is 1.88 bits per heavy atom. The van der Waals surface area contributed by atoms with Gasteiger partial charge in [-0.1, -0.05) is 0 Å². The smallest absolute Gasteiger partial charge is 0.273 e. The first-order valence-corrected chi connectivity index (χ1v) is 1.72. The molecular weight excluding hydrogens is 123 g/mol. The third-order valence-corrected chi connectivity index (χ3v) is 0.284. The lowest BCUT2D eigenvalue weighted by molar-refractivity contribution is -0.170. The molecule has 0 heterocycles. The zero-order valence-electron chi connectivity index (χ0n) is 3.99. The average Bonchev–Trinajstić information content (AvgIpc) is 1.21. The molecule has 0 rings (SSSR count). The van der Waals surface area contributed by atoms with Gasteiger partial charge in [-0.05, 0) is 0 Å². The molecule has 0 N–H and O–H groups in total. The van der Waals surface area contributed by atoms with Gasteiger partial charge in [-0.15, -0.1) is 18.5 Å². The lowest BCUT2D eigenvalue weighted by Crippen LogP contribution is -2.27. The Kier molecular flexibility index (Phi) is 1.83. The Balaban J connectivity index is 3.55. The minimum atomic E-state index is -4.70. The van der Waals surface area contributed by atoms with Gasteiger partial charge in [0.15, 0.2) is 0 Å². The average molecular weight is 126 g/mol. The topological polar surface area (TPSA) is 31.2 Å². The van der Waals surface area contributed by atoms with Crippen LogP contribution in [0.2, 0.25) is 0 Å². The molecule has 0 atom stereocenters. The fourth-order valence-corrected chi connectivity index (χ4v) is 0.179. The van der Waals surface area contributed by atoms with Gasteiger partial charge < -0.3 is 0 Å². The molecule has 0 spiro atoms. The fraction of sp³-hybridized carbons (Fsp3) is 0.667. The van der Waals surface area contributed by atoms with E-state index in [0.29, 0.717) is 0 Å². The second kappa shape index (κ2) is 2.02. The summed E-state index contributed by atoms with van der Waals surface area (Å²) in [6.45, 7) is 0.744. The number of carbonyl (C=O) groups excluding carboxylic acids is 1. The first-order chi connectivity index (χ1) is 3.42. The van der Waals surface area contributed by atoms with Crippen LogP contribution in [0, 0.1) is 0 Å². The summed E-state index contributed by atoms with van der Waals surface area (Å²) in [7, 11) is 0. The molecular formula is C3H3F3NO. The number of halogens is 3. The third-order valence-electron chi connectivity index (χ3n) is 0.284. The van der Waals surface area contributed by atoms with Crippen LogP contribution in [-0.4, -0.2) is 12.2 Å². The van der Waals surface area contributed by atoms with E-state index in [-0.39, 0.29) is 0 Å². The summed E-state index contributed by atoms with van der Waals surface area (Å²) in [5.41, 5.74) is 0. The van der Waals surface area contributed by atoms with Crippen LogP contribution in [-0.2, 0) is 4.79 Å². The van der Waals surface area contributed by atoms with E-state index in [9.17, 15) is 18.0 Å². The summed E-state index contributed by atoms with van der Waals surface area (Å²) < 4.78 is 32.8. The summed E-state index contributed by atoms with van der Waals surface area (Å²) in [6, 6.07) is 0. The van der Waals surface area contributed by atoms with Gasteiger partial charge in [0.1, 0.15) is 0 Å². The van der Waals surface area contributed by atoms with Crippen molar-refractivity contribution in [3.8, 4) is 0 Å². The van der Waals surface area contributed by atoms with Crippen molar-refractivity contribution in [1.29, 1.82) is 0 Å². The van der Waals surface area contributed by atoms with Crippen LogP contribution in [0.3, 0.4) is 0 Å². The van der Waals surface area contributed by atoms with Crippen LogP contribution in [0.5, 0.6) is 0 Å². The number of amides is 1. The first-order valence-electron chi connectivity index (χ1n) is 1.72. The highest BCUT2D eigenvalue weighted by molar-refractivity contribution is 5.72. The summed E-state index contributed by atoms with van der Waals surface area (Å²) in [6.07, 6.45) is -4.70. The predicted molar refractivity (Wildman–Crippen MR) is 18.9 cm³/mol. The number of nitrogens with zero attached hydrogens (tertiary/aromatic N) is 1. The van der Waals surface area contributed by atoms with Gasteiger partial charge in [0, 0.05) is 6.92 Å². The highest BCUT2D eigenvalue weighted by Gasteiger charge is 2.30. The van der Waals surface area contributed by atoms with E-state index in [0.717, 1.165) is 6.92 Å².